The fourth-order valence-corrected chi connectivity index (χ4v) is 1.90. The number of hydrogen-bond acceptors (Lipinski definition) is 4. The van der Waals surface area contributed by atoms with Crippen LogP contribution in [0, 0.1) is 0 Å². The maximum absolute atomic E-state index is 5.64. The van der Waals surface area contributed by atoms with Crippen LogP contribution in [0.4, 0.5) is 0 Å². The molecule has 1 aromatic rings. The Hall–Kier alpha value is -1.00. The Morgan fingerprint density at radius 2 is 2.29 bits per heavy atom. The van der Waals surface area contributed by atoms with Crippen LogP contribution < -0.4 is 5.32 Å². The van der Waals surface area contributed by atoms with Crippen LogP contribution in [-0.4, -0.2) is 29.7 Å². The summed E-state index contributed by atoms with van der Waals surface area (Å²) in [6.07, 6.45) is 7.76. The molecule has 14 heavy (non-hydrogen) atoms. The third-order valence-electron chi connectivity index (χ3n) is 2.59. The van der Waals surface area contributed by atoms with Crippen molar-refractivity contribution in [3.05, 3.63) is 24.3 Å². The highest BCUT2D eigenvalue weighted by Gasteiger charge is 2.26. The van der Waals surface area contributed by atoms with Gasteiger partial charge in [0.05, 0.1) is 12.1 Å². The smallest absolute Gasteiger partial charge is 0.115 e. The SMILES string of the molecule is CNC(c1cncnc1)C1CCCO1. The second-order valence-electron chi connectivity index (χ2n) is 3.49. The summed E-state index contributed by atoms with van der Waals surface area (Å²) in [4.78, 5) is 8.04. The number of ether oxygens (including phenoxy) is 1. The van der Waals surface area contributed by atoms with E-state index < -0.39 is 0 Å². The van der Waals surface area contributed by atoms with E-state index in [9.17, 15) is 0 Å². The molecule has 1 fully saturated rings. The average Bonchev–Trinajstić information content (AvgIpc) is 2.74. The number of nitrogens with zero attached hydrogens (tertiary/aromatic N) is 2. The number of likely N-dealkylation sites (N-methyl/N-ethyl adjacent to an activating group) is 1. The van der Waals surface area contributed by atoms with Gasteiger partial charge in [0.15, 0.2) is 0 Å². The zero-order chi connectivity index (χ0) is 9.80. The predicted octanol–water partition coefficient (Wildman–Crippen LogP) is 0.916. The van der Waals surface area contributed by atoms with Crippen molar-refractivity contribution in [3.8, 4) is 0 Å². The summed E-state index contributed by atoms with van der Waals surface area (Å²) >= 11 is 0. The molecule has 1 aliphatic rings. The van der Waals surface area contributed by atoms with E-state index in [1.165, 1.54) is 0 Å². The van der Waals surface area contributed by atoms with Crippen molar-refractivity contribution in [1.29, 1.82) is 0 Å². The molecule has 4 nitrogen and oxygen atoms in total. The first-order chi connectivity index (χ1) is 6.92. The predicted molar refractivity (Wildman–Crippen MR) is 52.8 cm³/mol. The molecule has 0 radical (unpaired) electrons. The normalized spacial score (nSPS) is 23.6. The molecular weight excluding hydrogens is 178 g/mol. The summed E-state index contributed by atoms with van der Waals surface area (Å²) in [5.74, 6) is 0. The minimum absolute atomic E-state index is 0.221. The lowest BCUT2D eigenvalue weighted by atomic mass is 10.0. The van der Waals surface area contributed by atoms with E-state index in [2.05, 4.69) is 15.3 Å². The van der Waals surface area contributed by atoms with Crippen molar-refractivity contribution in [2.45, 2.75) is 25.0 Å². The van der Waals surface area contributed by atoms with Gasteiger partial charge < -0.3 is 10.1 Å². The van der Waals surface area contributed by atoms with Crippen molar-refractivity contribution in [3.63, 3.8) is 0 Å². The molecule has 4 heteroatoms. The van der Waals surface area contributed by atoms with Crippen LogP contribution in [0.2, 0.25) is 0 Å². The Balaban J connectivity index is 2.12. The Morgan fingerprint density at radius 1 is 1.50 bits per heavy atom. The molecule has 1 aromatic heterocycles. The molecule has 76 valence electrons. The highest BCUT2D eigenvalue weighted by molar-refractivity contribution is 5.11. The second-order valence-corrected chi connectivity index (χ2v) is 3.49. The molecule has 2 atom stereocenters. The van der Waals surface area contributed by atoms with E-state index in [0.717, 1.165) is 25.0 Å². The molecule has 0 spiro atoms. The maximum atomic E-state index is 5.64. The lowest BCUT2D eigenvalue weighted by Crippen LogP contribution is -2.29. The van der Waals surface area contributed by atoms with Gasteiger partial charge in [-0.05, 0) is 19.9 Å². The van der Waals surface area contributed by atoms with Gasteiger partial charge in [0.2, 0.25) is 0 Å². The number of nitrogens with one attached hydrogen (secondary N) is 1. The van der Waals surface area contributed by atoms with Crippen LogP contribution in [0.15, 0.2) is 18.7 Å². The number of aromatic nitrogens is 2. The number of hydrogen-bond donors (Lipinski definition) is 1. The van der Waals surface area contributed by atoms with E-state index >= 15 is 0 Å². The van der Waals surface area contributed by atoms with Gasteiger partial charge in [0.25, 0.3) is 0 Å². The Kier molecular flexibility index (Phi) is 3.06. The molecule has 0 saturated carbocycles. The third-order valence-corrected chi connectivity index (χ3v) is 2.59. The van der Waals surface area contributed by atoms with Gasteiger partial charge in [-0.3, -0.25) is 0 Å². The Bertz CT molecular complexity index is 272. The lowest BCUT2D eigenvalue weighted by Gasteiger charge is -2.21. The second kappa shape index (κ2) is 4.48. The molecule has 2 heterocycles. The van der Waals surface area contributed by atoms with Crippen molar-refractivity contribution in [1.82, 2.24) is 15.3 Å². The molecule has 0 aromatic carbocycles. The van der Waals surface area contributed by atoms with E-state index in [0.29, 0.717) is 0 Å². The quantitative estimate of drug-likeness (QED) is 0.775. The minimum atomic E-state index is 0.221. The monoisotopic (exact) mass is 193 g/mol. The molecule has 0 bridgehead atoms. The molecule has 2 rings (SSSR count). The van der Waals surface area contributed by atoms with Crippen molar-refractivity contribution >= 4 is 0 Å². The summed E-state index contributed by atoms with van der Waals surface area (Å²) < 4.78 is 5.64. The molecule has 2 unspecified atom stereocenters. The summed E-state index contributed by atoms with van der Waals surface area (Å²) in [5, 5.41) is 3.26. The van der Waals surface area contributed by atoms with Crippen LogP contribution in [-0.2, 0) is 4.74 Å². The maximum Gasteiger partial charge on any atom is 0.115 e. The fourth-order valence-electron chi connectivity index (χ4n) is 1.90. The van der Waals surface area contributed by atoms with Crippen LogP contribution in [0.1, 0.15) is 24.4 Å². The van der Waals surface area contributed by atoms with Gasteiger partial charge in [-0.1, -0.05) is 0 Å². The van der Waals surface area contributed by atoms with Crippen molar-refractivity contribution in [2.24, 2.45) is 0 Å². The van der Waals surface area contributed by atoms with E-state index in [-0.39, 0.29) is 12.1 Å². The first-order valence-corrected chi connectivity index (χ1v) is 4.95. The fraction of sp³-hybridized carbons (Fsp3) is 0.600. The first-order valence-electron chi connectivity index (χ1n) is 4.95. The van der Waals surface area contributed by atoms with Gasteiger partial charge >= 0.3 is 0 Å². The van der Waals surface area contributed by atoms with Crippen LogP contribution in [0.3, 0.4) is 0 Å². The third kappa shape index (κ3) is 1.91. The summed E-state index contributed by atoms with van der Waals surface area (Å²) in [6.45, 7) is 0.872. The van der Waals surface area contributed by atoms with E-state index in [1.807, 2.05) is 19.4 Å². The van der Waals surface area contributed by atoms with Crippen LogP contribution in [0.5, 0.6) is 0 Å². The molecule has 0 aliphatic carbocycles. The van der Waals surface area contributed by atoms with E-state index in [4.69, 9.17) is 4.74 Å². The van der Waals surface area contributed by atoms with Gasteiger partial charge in [-0.15, -0.1) is 0 Å². The van der Waals surface area contributed by atoms with Gasteiger partial charge in [-0.25, -0.2) is 9.97 Å². The highest BCUT2D eigenvalue weighted by atomic mass is 16.5. The Morgan fingerprint density at radius 3 is 2.86 bits per heavy atom. The average molecular weight is 193 g/mol. The molecular formula is C10H15N3O. The molecule has 1 N–H and O–H groups in total. The highest BCUT2D eigenvalue weighted by Crippen LogP contribution is 2.25. The Labute approximate surface area is 83.7 Å². The van der Waals surface area contributed by atoms with Gasteiger partial charge in [-0.2, -0.15) is 0 Å². The van der Waals surface area contributed by atoms with Gasteiger partial charge in [0.1, 0.15) is 6.33 Å². The zero-order valence-electron chi connectivity index (χ0n) is 8.31. The largest absolute Gasteiger partial charge is 0.376 e. The van der Waals surface area contributed by atoms with Gasteiger partial charge in [0, 0.05) is 24.6 Å². The minimum Gasteiger partial charge on any atom is -0.376 e. The van der Waals surface area contributed by atoms with Crippen molar-refractivity contribution < 1.29 is 4.74 Å². The molecule has 0 amide bonds. The zero-order valence-corrected chi connectivity index (χ0v) is 8.31. The topological polar surface area (TPSA) is 47.0 Å². The van der Waals surface area contributed by atoms with Crippen LogP contribution in [0.25, 0.3) is 0 Å². The first kappa shape index (κ1) is 9.55. The molecule has 1 saturated heterocycles. The lowest BCUT2D eigenvalue weighted by molar-refractivity contribution is 0.0805. The standard InChI is InChI=1S/C10H15N3O/c1-11-10(9-3-2-4-14-9)8-5-12-7-13-6-8/h5-7,9-11H,2-4H2,1H3. The van der Waals surface area contributed by atoms with Crippen LogP contribution >= 0.6 is 0 Å². The molecule has 1 aliphatic heterocycles. The summed E-state index contributed by atoms with van der Waals surface area (Å²) in [5.41, 5.74) is 1.10. The van der Waals surface area contributed by atoms with E-state index in [1.54, 1.807) is 6.33 Å². The summed E-state index contributed by atoms with van der Waals surface area (Å²) in [7, 11) is 1.94. The van der Waals surface area contributed by atoms with Crippen molar-refractivity contribution in [2.75, 3.05) is 13.7 Å². The summed E-state index contributed by atoms with van der Waals surface area (Å²) in [6, 6.07) is 0.221. The number of rotatable bonds is 3.